The van der Waals surface area contributed by atoms with Crippen molar-refractivity contribution in [1.29, 1.82) is 0 Å². The Balaban J connectivity index is 0.00000288. The second kappa shape index (κ2) is 8.43. The zero-order valence-electron chi connectivity index (χ0n) is 14.6. The summed E-state index contributed by atoms with van der Waals surface area (Å²) in [7, 11) is 0. The standard InChI is InChI=1S/C15H26N6O2.ClH/c1-5-13(22)18-15(3,4)12-9-21(20-19-12)10-7-11(17-8-10)14(23)16-6-2;/h9-11,17H,5-8H2,1-4H3,(H,16,23)(H,18,22);1H/t10-,11+;/m1./s1. The van der Waals surface area contributed by atoms with Crippen molar-refractivity contribution in [3.63, 3.8) is 0 Å². The second-order valence-corrected chi connectivity index (χ2v) is 6.36. The Kier molecular flexibility index (Phi) is 7.16. The van der Waals surface area contributed by atoms with Crippen LogP contribution in [0.5, 0.6) is 0 Å². The van der Waals surface area contributed by atoms with Crippen LogP contribution >= 0.6 is 12.4 Å². The van der Waals surface area contributed by atoms with Crippen LogP contribution < -0.4 is 16.0 Å². The molecule has 8 nitrogen and oxygen atoms in total. The minimum absolute atomic E-state index is 0. The van der Waals surface area contributed by atoms with Crippen molar-refractivity contribution in [2.75, 3.05) is 13.1 Å². The highest BCUT2D eigenvalue weighted by Gasteiger charge is 2.32. The quantitative estimate of drug-likeness (QED) is 0.687. The Labute approximate surface area is 148 Å². The molecule has 2 atom stereocenters. The molecule has 2 heterocycles. The lowest BCUT2D eigenvalue weighted by molar-refractivity contribution is -0.123. The van der Waals surface area contributed by atoms with Crippen LogP contribution in [-0.4, -0.2) is 45.9 Å². The smallest absolute Gasteiger partial charge is 0.237 e. The van der Waals surface area contributed by atoms with Gasteiger partial charge in [-0.05, 0) is 27.2 Å². The first kappa shape index (κ1) is 20.4. The third-order valence-corrected chi connectivity index (χ3v) is 4.07. The molecule has 0 aromatic carbocycles. The molecular formula is C15H27ClN6O2. The van der Waals surface area contributed by atoms with Crippen molar-refractivity contribution in [2.45, 2.75) is 58.2 Å². The summed E-state index contributed by atoms with van der Waals surface area (Å²) in [5.74, 6) is -0.00531. The number of carbonyl (C=O) groups is 2. The highest BCUT2D eigenvalue weighted by atomic mass is 35.5. The average Bonchev–Trinajstić information content (AvgIpc) is 3.16. The molecule has 0 spiro atoms. The second-order valence-electron chi connectivity index (χ2n) is 6.36. The number of hydrogen-bond acceptors (Lipinski definition) is 5. The predicted molar refractivity (Wildman–Crippen MR) is 92.9 cm³/mol. The van der Waals surface area contributed by atoms with E-state index in [0.29, 0.717) is 31.6 Å². The van der Waals surface area contributed by atoms with Gasteiger partial charge in [0.15, 0.2) is 0 Å². The number of halogens is 1. The van der Waals surface area contributed by atoms with E-state index >= 15 is 0 Å². The van der Waals surface area contributed by atoms with E-state index in [1.165, 1.54) is 0 Å². The average molecular weight is 359 g/mol. The molecule has 1 aromatic heterocycles. The maximum absolute atomic E-state index is 11.9. The van der Waals surface area contributed by atoms with Crippen LogP contribution in [0.1, 0.15) is 52.3 Å². The summed E-state index contributed by atoms with van der Waals surface area (Å²) < 4.78 is 1.78. The molecular weight excluding hydrogens is 332 g/mol. The Morgan fingerprint density at radius 2 is 2.12 bits per heavy atom. The Bertz CT molecular complexity index is 574. The van der Waals surface area contributed by atoms with E-state index in [0.717, 1.165) is 0 Å². The molecule has 1 aliphatic rings. The Hall–Kier alpha value is -1.67. The molecule has 2 amide bonds. The number of nitrogens with one attached hydrogen (secondary N) is 3. The van der Waals surface area contributed by atoms with Crippen molar-refractivity contribution < 1.29 is 9.59 Å². The van der Waals surface area contributed by atoms with Gasteiger partial charge in [0.05, 0.1) is 23.8 Å². The van der Waals surface area contributed by atoms with Gasteiger partial charge in [0.1, 0.15) is 5.69 Å². The molecule has 3 N–H and O–H groups in total. The Morgan fingerprint density at radius 3 is 2.75 bits per heavy atom. The number of rotatable bonds is 6. The van der Waals surface area contributed by atoms with E-state index in [1.54, 1.807) is 4.68 Å². The van der Waals surface area contributed by atoms with Gasteiger partial charge in [0.2, 0.25) is 11.8 Å². The van der Waals surface area contributed by atoms with Gasteiger partial charge in [-0.3, -0.25) is 9.59 Å². The molecule has 0 aliphatic carbocycles. The predicted octanol–water partition coefficient (Wildman–Crippen LogP) is 0.500. The zero-order chi connectivity index (χ0) is 17.0. The van der Waals surface area contributed by atoms with E-state index in [-0.39, 0.29) is 36.3 Å². The van der Waals surface area contributed by atoms with Gasteiger partial charge in [-0.1, -0.05) is 12.1 Å². The highest BCUT2D eigenvalue weighted by molar-refractivity contribution is 5.85. The van der Waals surface area contributed by atoms with Crippen LogP contribution in [-0.2, 0) is 15.1 Å². The van der Waals surface area contributed by atoms with Crippen molar-refractivity contribution in [2.24, 2.45) is 0 Å². The summed E-state index contributed by atoms with van der Waals surface area (Å²) in [6.45, 7) is 8.82. The van der Waals surface area contributed by atoms with Gasteiger partial charge < -0.3 is 16.0 Å². The van der Waals surface area contributed by atoms with Gasteiger partial charge in [-0.2, -0.15) is 0 Å². The van der Waals surface area contributed by atoms with Crippen LogP contribution in [0.25, 0.3) is 0 Å². The van der Waals surface area contributed by atoms with Crippen LogP contribution in [0, 0.1) is 0 Å². The van der Waals surface area contributed by atoms with E-state index in [2.05, 4.69) is 26.3 Å². The maximum Gasteiger partial charge on any atom is 0.237 e. The van der Waals surface area contributed by atoms with Crippen LogP contribution in [0.3, 0.4) is 0 Å². The van der Waals surface area contributed by atoms with Crippen molar-refractivity contribution in [1.82, 2.24) is 30.9 Å². The molecule has 1 fully saturated rings. The van der Waals surface area contributed by atoms with Crippen molar-refractivity contribution in [3.8, 4) is 0 Å². The largest absolute Gasteiger partial charge is 0.355 e. The Morgan fingerprint density at radius 1 is 1.42 bits per heavy atom. The number of likely N-dealkylation sites (N-methyl/N-ethyl adjacent to an activating group) is 1. The van der Waals surface area contributed by atoms with Gasteiger partial charge in [-0.15, -0.1) is 17.5 Å². The van der Waals surface area contributed by atoms with Gasteiger partial charge >= 0.3 is 0 Å². The molecule has 0 saturated carbocycles. The van der Waals surface area contributed by atoms with Crippen molar-refractivity contribution >= 4 is 24.2 Å². The minimum atomic E-state index is -0.573. The SMILES string of the molecule is CCNC(=O)[C@@H]1C[C@@H](n2cc(C(C)(C)NC(=O)CC)nn2)CN1.Cl. The molecule has 24 heavy (non-hydrogen) atoms. The number of amides is 2. The lowest BCUT2D eigenvalue weighted by Crippen LogP contribution is -2.41. The summed E-state index contributed by atoms with van der Waals surface area (Å²) in [6, 6.07) is -0.109. The fraction of sp³-hybridized carbons (Fsp3) is 0.733. The first-order valence-corrected chi connectivity index (χ1v) is 8.11. The number of nitrogens with zero attached hydrogens (tertiary/aromatic N) is 3. The van der Waals surface area contributed by atoms with Crippen molar-refractivity contribution in [3.05, 3.63) is 11.9 Å². The summed E-state index contributed by atoms with van der Waals surface area (Å²) >= 11 is 0. The van der Waals surface area contributed by atoms with Gasteiger partial charge in [0, 0.05) is 19.5 Å². The first-order valence-electron chi connectivity index (χ1n) is 8.11. The zero-order valence-corrected chi connectivity index (χ0v) is 15.4. The molecule has 136 valence electrons. The fourth-order valence-corrected chi connectivity index (χ4v) is 2.66. The molecule has 1 saturated heterocycles. The topological polar surface area (TPSA) is 101 Å². The van der Waals surface area contributed by atoms with Gasteiger partial charge in [-0.25, -0.2) is 4.68 Å². The molecule has 0 radical (unpaired) electrons. The summed E-state index contributed by atoms with van der Waals surface area (Å²) in [5, 5.41) is 17.3. The summed E-state index contributed by atoms with van der Waals surface area (Å²) in [6.07, 6.45) is 2.96. The fourth-order valence-electron chi connectivity index (χ4n) is 2.66. The maximum atomic E-state index is 11.9. The van der Waals surface area contributed by atoms with Gasteiger partial charge in [0.25, 0.3) is 0 Å². The van der Waals surface area contributed by atoms with Crippen LogP contribution in [0.2, 0.25) is 0 Å². The normalized spacial score (nSPS) is 20.3. The summed E-state index contributed by atoms with van der Waals surface area (Å²) in [4.78, 5) is 23.5. The van der Waals surface area contributed by atoms with E-state index in [9.17, 15) is 9.59 Å². The van der Waals surface area contributed by atoms with Crippen LogP contribution in [0.4, 0.5) is 0 Å². The number of hydrogen-bond donors (Lipinski definition) is 3. The van der Waals surface area contributed by atoms with E-state index in [1.807, 2.05) is 33.9 Å². The van der Waals surface area contributed by atoms with Crippen LogP contribution in [0.15, 0.2) is 6.20 Å². The third kappa shape index (κ3) is 4.67. The lowest BCUT2D eigenvalue weighted by Gasteiger charge is -2.23. The van der Waals surface area contributed by atoms with E-state index in [4.69, 9.17) is 0 Å². The highest BCUT2D eigenvalue weighted by Crippen LogP contribution is 2.22. The first-order chi connectivity index (χ1) is 10.9. The summed E-state index contributed by atoms with van der Waals surface area (Å²) in [5.41, 5.74) is 0.136. The molecule has 0 unspecified atom stereocenters. The van der Waals surface area contributed by atoms with E-state index < -0.39 is 5.54 Å². The number of carbonyl (C=O) groups excluding carboxylic acids is 2. The third-order valence-electron chi connectivity index (χ3n) is 4.07. The molecule has 0 bridgehead atoms. The lowest BCUT2D eigenvalue weighted by atomic mass is 10.0. The number of aromatic nitrogens is 3. The molecule has 1 aliphatic heterocycles. The monoisotopic (exact) mass is 358 g/mol. The molecule has 9 heteroatoms. The minimum Gasteiger partial charge on any atom is -0.355 e. The molecule has 1 aromatic rings. The molecule has 2 rings (SSSR count).